The van der Waals surface area contributed by atoms with Crippen molar-refractivity contribution in [3.8, 4) is 0 Å². The number of carbonyl (C=O) groups is 4. The fourth-order valence-electron chi connectivity index (χ4n) is 4.03. The topological polar surface area (TPSA) is 92.8 Å². The molecule has 8 heteroatoms. The van der Waals surface area contributed by atoms with Crippen LogP contribution in [0.3, 0.4) is 0 Å². The van der Waals surface area contributed by atoms with Gasteiger partial charge in [-0.05, 0) is 23.6 Å². The Labute approximate surface area is 196 Å². The third-order valence-electron chi connectivity index (χ3n) is 5.57. The van der Waals surface area contributed by atoms with Crippen LogP contribution in [0.25, 0.3) is 0 Å². The van der Waals surface area contributed by atoms with Gasteiger partial charge in [0.05, 0.1) is 6.42 Å². The van der Waals surface area contributed by atoms with Gasteiger partial charge >= 0.3 is 5.97 Å². The molecule has 170 valence electrons. The fraction of sp³-hybridized carbons (Fsp3) is 0.280. The number of nitrogens with zero attached hydrogens (tertiary/aromatic N) is 1. The predicted octanol–water partition coefficient (Wildman–Crippen LogP) is 2.62. The Bertz CT molecular complexity index is 1050. The van der Waals surface area contributed by atoms with Crippen molar-refractivity contribution in [3.63, 3.8) is 0 Å². The van der Waals surface area contributed by atoms with Gasteiger partial charge in [0.2, 0.25) is 11.8 Å². The maximum absolute atomic E-state index is 13.4. The van der Waals surface area contributed by atoms with Crippen molar-refractivity contribution in [2.75, 3.05) is 5.75 Å². The number of ketones is 1. The quantitative estimate of drug-likeness (QED) is 0.293. The van der Waals surface area contributed by atoms with Gasteiger partial charge in [-0.3, -0.25) is 14.4 Å². The van der Waals surface area contributed by atoms with Crippen LogP contribution >= 0.6 is 11.8 Å². The number of β-lactam (4-membered cyclic amide) rings is 1. The number of Topliss-reactive ketones (excluding diaryl/α,β-unsaturated/α-hetero) is 1. The lowest BCUT2D eigenvalue weighted by atomic mass is 9.97. The van der Waals surface area contributed by atoms with E-state index in [9.17, 15) is 19.2 Å². The molecular formula is C25H24N2O5S. The summed E-state index contributed by atoms with van der Waals surface area (Å²) < 4.78 is 5.97. The highest BCUT2D eigenvalue weighted by atomic mass is 32.2. The van der Waals surface area contributed by atoms with E-state index in [1.807, 2.05) is 60.7 Å². The van der Waals surface area contributed by atoms with Gasteiger partial charge < -0.3 is 15.0 Å². The molecule has 0 aliphatic carbocycles. The molecular weight excluding hydrogens is 440 g/mol. The number of benzene rings is 2. The van der Waals surface area contributed by atoms with Gasteiger partial charge in [-0.1, -0.05) is 67.2 Å². The van der Waals surface area contributed by atoms with E-state index in [-0.39, 0.29) is 18.1 Å². The Balaban J connectivity index is 1.53. The second-order valence-corrected chi connectivity index (χ2v) is 9.18. The van der Waals surface area contributed by atoms with Crippen molar-refractivity contribution in [1.82, 2.24) is 10.2 Å². The van der Waals surface area contributed by atoms with Gasteiger partial charge in [0, 0.05) is 5.75 Å². The molecule has 2 fully saturated rings. The highest BCUT2D eigenvalue weighted by Crippen LogP contribution is 2.41. The SMILES string of the molecule is C=C1CS[C@@H]2[C@H](NC(=O)CC(C)=O)C(=O)N2[C@H]1C(=O)OC(c1ccccc1)c1ccccc1. The molecule has 2 saturated heterocycles. The predicted molar refractivity (Wildman–Crippen MR) is 124 cm³/mol. The van der Waals surface area contributed by atoms with Crippen molar-refractivity contribution in [1.29, 1.82) is 0 Å². The molecule has 0 spiro atoms. The largest absolute Gasteiger partial charge is 0.451 e. The lowest BCUT2D eigenvalue weighted by molar-refractivity contribution is -0.165. The van der Waals surface area contributed by atoms with Crippen LogP contribution in [-0.4, -0.2) is 51.7 Å². The van der Waals surface area contributed by atoms with Crippen molar-refractivity contribution in [3.05, 3.63) is 83.9 Å². The van der Waals surface area contributed by atoms with Crippen LogP contribution in [-0.2, 0) is 23.9 Å². The Hall–Kier alpha value is -3.39. The normalized spacial score (nSPS) is 21.8. The van der Waals surface area contributed by atoms with Crippen molar-refractivity contribution in [2.45, 2.75) is 36.9 Å². The summed E-state index contributed by atoms with van der Waals surface area (Å²) in [5, 5.41) is 2.20. The monoisotopic (exact) mass is 464 g/mol. The van der Waals surface area contributed by atoms with Gasteiger partial charge in [0.15, 0.2) is 12.1 Å². The molecule has 0 bridgehead atoms. The van der Waals surface area contributed by atoms with Crippen LogP contribution in [0.1, 0.15) is 30.6 Å². The fourth-order valence-corrected chi connectivity index (χ4v) is 5.34. The van der Waals surface area contributed by atoms with Crippen molar-refractivity contribution in [2.24, 2.45) is 0 Å². The summed E-state index contributed by atoms with van der Waals surface area (Å²) >= 11 is 1.42. The first-order valence-corrected chi connectivity index (χ1v) is 11.6. The number of esters is 1. The highest BCUT2D eigenvalue weighted by molar-refractivity contribution is 8.00. The van der Waals surface area contributed by atoms with E-state index >= 15 is 0 Å². The molecule has 0 unspecified atom stereocenters. The number of hydrogen-bond acceptors (Lipinski definition) is 6. The van der Waals surface area contributed by atoms with E-state index in [0.29, 0.717) is 11.3 Å². The van der Waals surface area contributed by atoms with Crippen LogP contribution in [0.15, 0.2) is 72.8 Å². The Morgan fingerprint density at radius 1 is 1.09 bits per heavy atom. The molecule has 4 rings (SSSR count). The maximum Gasteiger partial charge on any atom is 0.334 e. The highest BCUT2D eigenvalue weighted by Gasteiger charge is 2.56. The average molecular weight is 465 g/mol. The second kappa shape index (κ2) is 9.62. The smallest absolute Gasteiger partial charge is 0.334 e. The number of thioether (sulfide) groups is 1. The van der Waals surface area contributed by atoms with Crippen molar-refractivity contribution >= 4 is 35.3 Å². The molecule has 7 nitrogen and oxygen atoms in total. The number of amides is 2. The third kappa shape index (κ3) is 4.71. The van der Waals surface area contributed by atoms with E-state index < -0.39 is 35.4 Å². The molecule has 2 amide bonds. The third-order valence-corrected chi connectivity index (χ3v) is 6.95. The van der Waals surface area contributed by atoms with E-state index in [1.165, 1.54) is 23.6 Å². The number of carbonyl (C=O) groups excluding carboxylic acids is 4. The van der Waals surface area contributed by atoms with E-state index in [4.69, 9.17) is 4.74 Å². The Kier molecular flexibility index (Phi) is 6.65. The summed E-state index contributed by atoms with van der Waals surface area (Å²) in [6.07, 6.45) is -0.919. The molecule has 0 saturated carbocycles. The molecule has 2 aliphatic heterocycles. The number of hydrogen-bond donors (Lipinski definition) is 1. The first kappa shape index (κ1) is 22.8. The molecule has 1 N–H and O–H groups in total. The summed E-state index contributed by atoms with van der Waals surface area (Å²) in [6, 6.07) is 17.1. The van der Waals surface area contributed by atoms with Gasteiger partial charge in [-0.25, -0.2) is 4.79 Å². The lowest BCUT2D eigenvalue weighted by Crippen LogP contribution is -2.74. The van der Waals surface area contributed by atoms with Gasteiger partial charge in [-0.2, -0.15) is 0 Å². The minimum Gasteiger partial charge on any atom is -0.451 e. The lowest BCUT2D eigenvalue weighted by Gasteiger charge is -2.52. The van der Waals surface area contributed by atoms with Crippen LogP contribution in [0, 0.1) is 0 Å². The molecule has 3 atom stereocenters. The van der Waals surface area contributed by atoms with E-state index in [1.54, 1.807) is 0 Å². The summed E-state index contributed by atoms with van der Waals surface area (Å²) in [4.78, 5) is 50.8. The van der Waals surface area contributed by atoms with E-state index in [2.05, 4.69) is 11.9 Å². The molecule has 2 aromatic carbocycles. The molecule has 0 radical (unpaired) electrons. The number of rotatable bonds is 7. The standard InChI is InChI=1S/C25H24N2O5S/c1-15-14-33-24-20(26-19(29)13-16(2)28)23(30)27(24)21(15)25(31)32-22(17-9-5-3-6-10-17)18-11-7-4-8-12-18/h3-12,20-22,24H,1,13-14H2,2H3,(H,26,29)/t20-,21-,24-/m1/s1. The molecule has 2 heterocycles. The minimum atomic E-state index is -0.931. The summed E-state index contributed by atoms with van der Waals surface area (Å²) in [7, 11) is 0. The number of ether oxygens (including phenoxy) is 1. The minimum absolute atomic E-state index is 0.282. The zero-order chi connectivity index (χ0) is 23.5. The maximum atomic E-state index is 13.4. The average Bonchev–Trinajstić information content (AvgIpc) is 2.81. The van der Waals surface area contributed by atoms with Crippen LogP contribution < -0.4 is 5.32 Å². The molecule has 0 aromatic heterocycles. The van der Waals surface area contributed by atoms with Gasteiger partial charge in [-0.15, -0.1) is 11.8 Å². The Morgan fingerprint density at radius 2 is 1.67 bits per heavy atom. The molecule has 2 aliphatic rings. The zero-order valence-electron chi connectivity index (χ0n) is 18.1. The second-order valence-electron chi connectivity index (χ2n) is 8.07. The van der Waals surface area contributed by atoms with Crippen LogP contribution in [0.5, 0.6) is 0 Å². The summed E-state index contributed by atoms with van der Waals surface area (Å²) in [5.74, 6) is -1.28. The van der Waals surface area contributed by atoms with E-state index in [0.717, 1.165) is 11.1 Å². The first-order chi connectivity index (χ1) is 15.9. The molecule has 33 heavy (non-hydrogen) atoms. The van der Waals surface area contributed by atoms with Crippen LogP contribution in [0.4, 0.5) is 0 Å². The summed E-state index contributed by atoms with van der Waals surface area (Å²) in [6.45, 7) is 5.32. The first-order valence-electron chi connectivity index (χ1n) is 10.6. The Morgan fingerprint density at radius 3 is 2.21 bits per heavy atom. The van der Waals surface area contributed by atoms with Crippen molar-refractivity contribution < 1.29 is 23.9 Å². The number of nitrogens with one attached hydrogen (secondary N) is 1. The number of fused-ring (bicyclic) bond motifs is 1. The van der Waals surface area contributed by atoms with Gasteiger partial charge in [0.1, 0.15) is 17.2 Å². The molecule has 2 aromatic rings. The van der Waals surface area contributed by atoms with Gasteiger partial charge in [0.25, 0.3) is 0 Å². The summed E-state index contributed by atoms with van der Waals surface area (Å²) in [5.41, 5.74) is 2.20. The zero-order valence-corrected chi connectivity index (χ0v) is 18.9. The van der Waals surface area contributed by atoms with Crippen LogP contribution in [0.2, 0.25) is 0 Å².